The number of β-amino-alcohol motifs (C(OH)–C–C–N with tert-alkyl or cyclic N) is 1. The van der Waals surface area contributed by atoms with Gasteiger partial charge in [-0.1, -0.05) is 24.3 Å². The Morgan fingerprint density at radius 1 is 1.25 bits per heavy atom. The first-order valence-corrected chi connectivity index (χ1v) is 9.84. The number of nitrogens with zero attached hydrogens (tertiary/aromatic N) is 1. The summed E-state index contributed by atoms with van der Waals surface area (Å²) < 4.78 is 5.30. The van der Waals surface area contributed by atoms with Crippen molar-refractivity contribution in [1.29, 1.82) is 0 Å². The SMILES string of the molecule is COc1ccc([C@@H](O)CN2CCC[C@@H]2c2ccc(C)c(C)c2)cc1NC(C)=O. The van der Waals surface area contributed by atoms with E-state index in [1.807, 2.05) is 6.07 Å². The number of hydrogen-bond donors (Lipinski definition) is 2. The van der Waals surface area contributed by atoms with Crippen molar-refractivity contribution in [2.45, 2.75) is 45.8 Å². The molecule has 0 unspecified atom stereocenters. The Kier molecular flexibility index (Phi) is 6.37. The summed E-state index contributed by atoms with van der Waals surface area (Å²) in [6, 6.07) is 12.4. The fourth-order valence-electron chi connectivity index (χ4n) is 3.94. The molecule has 0 radical (unpaired) electrons. The van der Waals surface area contributed by atoms with Crippen molar-refractivity contribution in [1.82, 2.24) is 4.90 Å². The minimum Gasteiger partial charge on any atom is -0.495 e. The molecule has 150 valence electrons. The Hall–Kier alpha value is -2.37. The molecule has 0 saturated carbocycles. The van der Waals surface area contributed by atoms with Crippen molar-refractivity contribution in [3.8, 4) is 5.75 Å². The van der Waals surface area contributed by atoms with Crippen molar-refractivity contribution in [3.05, 3.63) is 58.7 Å². The summed E-state index contributed by atoms with van der Waals surface area (Å²) in [5, 5.41) is 13.6. The summed E-state index contributed by atoms with van der Waals surface area (Å²) >= 11 is 0. The average molecular weight is 383 g/mol. The standard InChI is InChI=1S/C23H30N2O3/c1-15-7-8-18(12-16(15)2)21-6-5-11-25(21)14-22(27)19-9-10-23(28-4)20(13-19)24-17(3)26/h7-10,12-13,21-22,27H,5-6,11,14H2,1-4H3,(H,24,26)/t21-,22+/m1/s1. The number of methoxy groups -OCH3 is 1. The summed E-state index contributed by atoms with van der Waals surface area (Å²) in [6.45, 7) is 7.27. The number of carbonyl (C=O) groups excluding carboxylic acids is 1. The first-order valence-electron chi connectivity index (χ1n) is 9.84. The maximum absolute atomic E-state index is 11.5. The number of rotatable bonds is 6. The number of nitrogens with one attached hydrogen (secondary N) is 1. The summed E-state index contributed by atoms with van der Waals surface area (Å²) in [6.07, 6.45) is 1.60. The minimum atomic E-state index is -0.634. The van der Waals surface area contributed by atoms with Crippen LogP contribution in [-0.4, -0.2) is 36.1 Å². The molecule has 0 spiro atoms. The normalized spacial score (nSPS) is 18.1. The molecule has 1 fully saturated rings. The van der Waals surface area contributed by atoms with E-state index in [2.05, 4.69) is 42.3 Å². The van der Waals surface area contributed by atoms with E-state index in [1.165, 1.54) is 23.6 Å². The van der Waals surface area contributed by atoms with E-state index in [4.69, 9.17) is 4.74 Å². The fourth-order valence-corrected chi connectivity index (χ4v) is 3.94. The predicted octanol–water partition coefficient (Wildman–Crippen LogP) is 4.14. The van der Waals surface area contributed by atoms with Gasteiger partial charge < -0.3 is 15.2 Å². The topological polar surface area (TPSA) is 61.8 Å². The van der Waals surface area contributed by atoms with E-state index in [1.54, 1.807) is 19.2 Å². The molecule has 2 atom stereocenters. The number of aliphatic hydroxyl groups excluding tert-OH is 1. The third-order valence-electron chi connectivity index (χ3n) is 5.61. The van der Waals surface area contributed by atoms with Crippen molar-refractivity contribution in [2.24, 2.45) is 0 Å². The number of aliphatic hydroxyl groups is 1. The molecular weight excluding hydrogens is 352 g/mol. The largest absolute Gasteiger partial charge is 0.495 e. The molecule has 2 aromatic rings. The smallest absolute Gasteiger partial charge is 0.221 e. The van der Waals surface area contributed by atoms with E-state index < -0.39 is 6.10 Å². The number of ether oxygens (including phenoxy) is 1. The van der Waals surface area contributed by atoms with Gasteiger partial charge in [-0.15, -0.1) is 0 Å². The number of hydrogen-bond acceptors (Lipinski definition) is 4. The Labute approximate surface area is 167 Å². The highest BCUT2D eigenvalue weighted by molar-refractivity contribution is 5.90. The van der Waals surface area contributed by atoms with Crippen LogP contribution in [0.5, 0.6) is 5.75 Å². The van der Waals surface area contributed by atoms with Gasteiger partial charge in [0.25, 0.3) is 0 Å². The zero-order chi connectivity index (χ0) is 20.3. The Bertz CT molecular complexity index is 850. The second kappa shape index (κ2) is 8.76. The van der Waals surface area contributed by atoms with Crippen molar-refractivity contribution >= 4 is 11.6 Å². The van der Waals surface area contributed by atoms with E-state index >= 15 is 0 Å². The van der Waals surface area contributed by atoms with Crippen LogP contribution < -0.4 is 10.1 Å². The maximum Gasteiger partial charge on any atom is 0.221 e. The van der Waals surface area contributed by atoms with Crippen LogP contribution in [0.1, 0.15) is 54.2 Å². The van der Waals surface area contributed by atoms with Crippen LogP contribution in [-0.2, 0) is 4.79 Å². The molecule has 0 aromatic heterocycles. The van der Waals surface area contributed by atoms with Gasteiger partial charge in [0, 0.05) is 19.5 Å². The molecule has 5 nitrogen and oxygen atoms in total. The van der Waals surface area contributed by atoms with E-state index in [9.17, 15) is 9.90 Å². The van der Waals surface area contributed by atoms with Gasteiger partial charge in [-0.2, -0.15) is 0 Å². The first kappa shape index (κ1) is 20.4. The van der Waals surface area contributed by atoms with Crippen molar-refractivity contribution in [3.63, 3.8) is 0 Å². The van der Waals surface area contributed by atoms with Gasteiger partial charge in [0.05, 0.1) is 18.9 Å². The number of amides is 1. The third-order valence-corrected chi connectivity index (χ3v) is 5.61. The lowest BCUT2D eigenvalue weighted by molar-refractivity contribution is -0.114. The Balaban J connectivity index is 1.76. The lowest BCUT2D eigenvalue weighted by Gasteiger charge is -2.28. The van der Waals surface area contributed by atoms with Gasteiger partial charge in [-0.25, -0.2) is 0 Å². The molecule has 5 heteroatoms. The Morgan fingerprint density at radius 3 is 2.71 bits per heavy atom. The molecule has 1 heterocycles. The monoisotopic (exact) mass is 382 g/mol. The van der Waals surface area contributed by atoms with Crippen LogP contribution in [0.4, 0.5) is 5.69 Å². The molecule has 0 aliphatic carbocycles. The summed E-state index contributed by atoms with van der Waals surface area (Å²) in [5.74, 6) is 0.416. The second-order valence-electron chi connectivity index (χ2n) is 7.65. The van der Waals surface area contributed by atoms with Gasteiger partial charge in [-0.05, 0) is 67.6 Å². The fraction of sp³-hybridized carbons (Fsp3) is 0.435. The highest BCUT2D eigenvalue weighted by Gasteiger charge is 2.28. The second-order valence-corrected chi connectivity index (χ2v) is 7.65. The van der Waals surface area contributed by atoms with Crippen LogP contribution in [0.15, 0.2) is 36.4 Å². The molecule has 0 bridgehead atoms. The Morgan fingerprint density at radius 2 is 2.04 bits per heavy atom. The number of anilines is 1. The van der Waals surface area contributed by atoms with E-state index in [0.717, 1.165) is 24.9 Å². The van der Waals surface area contributed by atoms with Crippen molar-refractivity contribution < 1.29 is 14.6 Å². The molecule has 2 aromatic carbocycles. The van der Waals surface area contributed by atoms with Gasteiger partial charge in [0.15, 0.2) is 0 Å². The summed E-state index contributed by atoms with van der Waals surface area (Å²) in [4.78, 5) is 13.8. The quantitative estimate of drug-likeness (QED) is 0.788. The molecule has 1 aliphatic heterocycles. The lowest BCUT2D eigenvalue weighted by atomic mass is 9.99. The highest BCUT2D eigenvalue weighted by atomic mass is 16.5. The molecule has 1 aliphatic rings. The van der Waals surface area contributed by atoms with E-state index in [-0.39, 0.29) is 5.91 Å². The highest BCUT2D eigenvalue weighted by Crippen LogP contribution is 2.35. The number of carbonyl (C=O) groups is 1. The van der Waals surface area contributed by atoms with Gasteiger partial charge in [0.1, 0.15) is 5.75 Å². The average Bonchev–Trinajstić information content (AvgIpc) is 3.11. The van der Waals surface area contributed by atoms with Crippen LogP contribution >= 0.6 is 0 Å². The molecule has 1 amide bonds. The van der Waals surface area contributed by atoms with Crippen LogP contribution in [0.2, 0.25) is 0 Å². The number of likely N-dealkylation sites (tertiary alicyclic amines) is 1. The van der Waals surface area contributed by atoms with Crippen LogP contribution in [0.3, 0.4) is 0 Å². The minimum absolute atomic E-state index is 0.167. The number of aryl methyl sites for hydroxylation is 2. The van der Waals surface area contributed by atoms with E-state index in [0.29, 0.717) is 24.0 Å². The van der Waals surface area contributed by atoms with Crippen LogP contribution in [0, 0.1) is 13.8 Å². The summed E-state index contributed by atoms with van der Waals surface area (Å²) in [5.41, 5.74) is 5.28. The molecular formula is C23H30N2O3. The van der Waals surface area contributed by atoms with Crippen LogP contribution in [0.25, 0.3) is 0 Å². The first-order chi connectivity index (χ1) is 13.4. The number of benzene rings is 2. The molecule has 3 rings (SSSR count). The molecule has 1 saturated heterocycles. The zero-order valence-corrected chi connectivity index (χ0v) is 17.2. The molecule has 28 heavy (non-hydrogen) atoms. The zero-order valence-electron chi connectivity index (χ0n) is 17.2. The van der Waals surface area contributed by atoms with Crippen molar-refractivity contribution in [2.75, 3.05) is 25.5 Å². The van der Waals surface area contributed by atoms with Gasteiger partial charge in [0.2, 0.25) is 5.91 Å². The lowest BCUT2D eigenvalue weighted by Crippen LogP contribution is -2.28. The predicted molar refractivity (Wildman–Crippen MR) is 112 cm³/mol. The van der Waals surface area contributed by atoms with Gasteiger partial charge in [-0.3, -0.25) is 9.69 Å². The molecule has 2 N–H and O–H groups in total. The third kappa shape index (κ3) is 4.54. The maximum atomic E-state index is 11.5. The summed E-state index contributed by atoms with van der Waals surface area (Å²) in [7, 11) is 1.56. The van der Waals surface area contributed by atoms with Gasteiger partial charge >= 0.3 is 0 Å².